The van der Waals surface area contributed by atoms with Crippen molar-refractivity contribution >= 4 is 27.2 Å². The van der Waals surface area contributed by atoms with E-state index in [2.05, 4.69) is 30.8 Å². The van der Waals surface area contributed by atoms with Gasteiger partial charge in [-0.25, -0.2) is 13.1 Å². The molecule has 0 rings (SSSR count). The molecule has 0 fully saturated rings. The molecule has 3 N–H and O–H groups in total. The van der Waals surface area contributed by atoms with E-state index in [-0.39, 0.29) is 10.7 Å². The summed E-state index contributed by atoms with van der Waals surface area (Å²) < 4.78 is 25.0. The van der Waals surface area contributed by atoms with Crippen molar-refractivity contribution in [1.82, 2.24) is 4.72 Å². The normalized spacial score (nSPS) is 11.9. The summed E-state index contributed by atoms with van der Waals surface area (Å²) in [5.41, 5.74) is 5.16. The van der Waals surface area contributed by atoms with Crippen LogP contribution in [0.5, 0.6) is 0 Å². The van der Waals surface area contributed by atoms with Gasteiger partial charge in [0.25, 0.3) is 0 Å². The van der Waals surface area contributed by atoms with Gasteiger partial charge in [0.1, 0.15) is 5.75 Å². The smallest absolute Gasteiger partial charge is 0.218 e. The molecule has 0 aromatic rings. The van der Waals surface area contributed by atoms with E-state index in [9.17, 15) is 8.42 Å². The van der Waals surface area contributed by atoms with Gasteiger partial charge in [-0.1, -0.05) is 38.9 Å². The van der Waals surface area contributed by atoms with Crippen LogP contribution in [0.1, 0.15) is 33.1 Å². The molecule has 0 heterocycles. The average Bonchev–Trinajstić information content (AvgIpc) is 1.99. The molecule has 4 nitrogen and oxygen atoms in total. The Balaban J connectivity index is 3.63. The summed E-state index contributed by atoms with van der Waals surface area (Å²) in [5.74, 6) is 0.408. The topological polar surface area (TPSA) is 72.2 Å². The number of hydrogen-bond donors (Lipinski definition) is 2. The van der Waals surface area contributed by atoms with Gasteiger partial charge in [-0.2, -0.15) is 0 Å². The fourth-order valence-electron chi connectivity index (χ4n) is 1.14. The van der Waals surface area contributed by atoms with Crippen LogP contribution >= 0.6 is 12.2 Å². The molecule has 0 aromatic heterocycles. The molecule has 15 heavy (non-hydrogen) atoms. The molecule has 0 bridgehead atoms. The lowest BCUT2D eigenvalue weighted by molar-refractivity contribution is 0.531. The Labute approximate surface area is 97.7 Å². The highest BCUT2D eigenvalue weighted by molar-refractivity contribution is 7.92. The maximum absolute atomic E-state index is 11.3. The molecule has 0 saturated heterocycles. The summed E-state index contributed by atoms with van der Waals surface area (Å²) in [5, 5.41) is 0. The Hall–Kier alpha value is -0.200. The minimum absolute atomic E-state index is 0.00433. The quantitative estimate of drug-likeness (QED) is 0.500. The van der Waals surface area contributed by atoms with Crippen molar-refractivity contribution < 1.29 is 8.42 Å². The fraction of sp³-hybridized carbons (Fsp3) is 0.889. The first kappa shape index (κ1) is 14.8. The molecule has 0 saturated carbocycles. The van der Waals surface area contributed by atoms with E-state index < -0.39 is 10.0 Å². The van der Waals surface area contributed by atoms with Crippen LogP contribution in [0, 0.1) is 5.92 Å². The first-order valence-corrected chi connectivity index (χ1v) is 7.15. The van der Waals surface area contributed by atoms with E-state index in [0.717, 1.165) is 19.3 Å². The fourth-order valence-corrected chi connectivity index (χ4v) is 2.54. The standard InChI is InChI=1S/C9H20N2O2S2/c1-8(2)5-3-4-6-11-15(12,13)7-9(10)14/h8,11H,3-7H2,1-2H3,(H2,10,14). The predicted molar refractivity (Wildman–Crippen MR) is 67.3 cm³/mol. The largest absolute Gasteiger partial charge is 0.392 e. The molecule has 90 valence electrons. The molecule has 0 amide bonds. The molecule has 6 heteroatoms. The Morgan fingerprint density at radius 3 is 2.47 bits per heavy atom. The van der Waals surface area contributed by atoms with Crippen molar-refractivity contribution in [2.45, 2.75) is 33.1 Å². The summed E-state index contributed by atoms with van der Waals surface area (Å²) >= 11 is 4.54. The third kappa shape index (κ3) is 10.1. The molecule has 0 spiro atoms. The molecule has 0 unspecified atom stereocenters. The maximum Gasteiger partial charge on any atom is 0.218 e. The third-order valence-electron chi connectivity index (χ3n) is 1.86. The minimum atomic E-state index is -3.30. The second-order valence-electron chi connectivity index (χ2n) is 4.01. The van der Waals surface area contributed by atoms with Crippen molar-refractivity contribution in [2.75, 3.05) is 12.3 Å². The first-order valence-electron chi connectivity index (χ1n) is 5.09. The number of nitrogens with one attached hydrogen (secondary N) is 1. The number of sulfonamides is 1. The number of thiocarbonyl (C=S) groups is 1. The SMILES string of the molecule is CC(C)CCCCNS(=O)(=O)CC(N)=S. The zero-order valence-corrected chi connectivity index (χ0v) is 11.0. The van der Waals surface area contributed by atoms with Crippen molar-refractivity contribution in [1.29, 1.82) is 0 Å². The van der Waals surface area contributed by atoms with E-state index in [1.54, 1.807) is 0 Å². The van der Waals surface area contributed by atoms with Gasteiger partial charge in [0.2, 0.25) is 10.0 Å². The Bertz CT molecular complexity index is 286. The van der Waals surface area contributed by atoms with Crippen molar-refractivity contribution in [2.24, 2.45) is 11.7 Å². The predicted octanol–water partition coefficient (Wildman–Crippen LogP) is 1.02. The molecule has 0 aliphatic carbocycles. The summed E-state index contributed by atoms with van der Waals surface area (Å²) in [6.07, 6.45) is 3.01. The first-order chi connectivity index (χ1) is 6.83. The third-order valence-corrected chi connectivity index (χ3v) is 3.52. The van der Waals surface area contributed by atoms with Gasteiger partial charge in [0, 0.05) is 6.54 Å². The van der Waals surface area contributed by atoms with E-state index >= 15 is 0 Å². The van der Waals surface area contributed by atoms with Gasteiger partial charge >= 0.3 is 0 Å². The highest BCUT2D eigenvalue weighted by Gasteiger charge is 2.10. The second kappa shape index (κ2) is 7.14. The van der Waals surface area contributed by atoms with Crippen LogP contribution < -0.4 is 10.5 Å². The minimum Gasteiger partial charge on any atom is -0.392 e. The highest BCUT2D eigenvalue weighted by atomic mass is 32.2. The van der Waals surface area contributed by atoms with Crippen LogP contribution in [-0.4, -0.2) is 25.7 Å². The van der Waals surface area contributed by atoms with Crippen molar-refractivity contribution in [3.63, 3.8) is 0 Å². The number of rotatable bonds is 8. The monoisotopic (exact) mass is 252 g/mol. The van der Waals surface area contributed by atoms with Gasteiger partial charge in [-0.15, -0.1) is 0 Å². The zero-order chi connectivity index (χ0) is 11.9. The Kier molecular flexibility index (Phi) is 7.04. The van der Waals surface area contributed by atoms with Gasteiger partial charge in [0.05, 0.1) is 4.99 Å². The molecule has 0 aliphatic heterocycles. The van der Waals surface area contributed by atoms with Crippen LogP contribution in [0.3, 0.4) is 0 Å². The average molecular weight is 252 g/mol. The van der Waals surface area contributed by atoms with Crippen LogP contribution in [0.25, 0.3) is 0 Å². The number of unbranched alkanes of at least 4 members (excludes halogenated alkanes) is 1. The Morgan fingerprint density at radius 2 is 2.00 bits per heavy atom. The molecule has 0 aromatic carbocycles. The lowest BCUT2D eigenvalue weighted by Gasteiger charge is -2.06. The summed E-state index contributed by atoms with van der Waals surface area (Å²) in [6, 6.07) is 0. The Morgan fingerprint density at radius 1 is 1.40 bits per heavy atom. The summed E-state index contributed by atoms with van der Waals surface area (Å²) in [7, 11) is -3.30. The highest BCUT2D eigenvalue weighted by Crippen LogP contribution is 2.05. The van der Waals surface area contributed by atoms with Crippen LogP contribution in [0.15, 0.2) is 0 Å². The van der Waals surface area contributed by atoms with Gasteiger partial charge in [-0.3, -0.25) is 0 Å². The van der Waals surface area contributed by atoms with E-state index in [1.165, 1.54) is 0 Å². The summed E-state index contributed by atoms with van der Waals surface area (Å²) in [6.45, 7) is 4.77. The molecule has 0 aliphatic rings. The van der Waals surface area contributed by atoms with Crippen LogP contribution in [0.4, 0.5) is 0 Å². The molecular formula is C9H20N2O2S2. The van der Waals surface area contributed by atoms with Crippen LogP contribution in [0.2, 0.25) is 0 Å². The number of nitrogens with two attached hydrogens (primary N) is 1. The van der Waals surface area contributed by atoms with E-state index in [4.69, 9.17) is 5.73 Å². The van der Waals surface area contributed by atoms with Crippen molar-refractivity contribution in [3.05, 3.63) is 0 Å². The molecular weight excluding hydrogens is 232 g/mol. The van der Waals surface area contributed by atoms with Gasteiger partial charge in [-0.05, 0) is 12.3 Å². The molecule has 0 radical (unpaired) electrons. The lowest BCUT2D eigenvalue weighted by atomic mass is 10.1. The van der Waals surface area contributed by atoms with Gasteiger partial charge in [0.15, 0.2) is 0 Å². The van der Waals surface area contributed by atoms with E-state index in [1.807, 2.05) is 0 Å². The second-order valence-corrected chi connectivity index (χ2v) is 6.34. The number of hydrogen-bond acceptors (Lipinski definition) is 3. The van der Waals surface area contributed by atoms with Gasteiger partial charge < -0.3 is 5.73 Å². The van der Waals surface area contributed by atoms with Crippen molar-refractivity contribution in [3.8, 4) is 0 Å². The van der Waals surface area contributed by atoms with Crippen LogP contribution in [-0.2, 0) is 10.0 Å². The van der Waals surface area contributed by atoms with E-state index in [0.29, 0.717) is 12.5 Å². The molecule has 0 atom stereocenters. The summed E-state index contributed by atoms with van der Waals surface area (Å²) in [4.78, 5) is 0.00433. The maximum atomic E-state index is 11.3. The lowest BCUT2D eigenvalue weighted by Crippen LogP contribution is -2.32. The zero-order valence-electron chi connectivity index (χ0n) is 9.32.